The zero-order chi connectivity index (χ0) is 19.9. The number of hydrogen-bond donors (Lipinski definition) is 2. The van der Waals surface area contributed by atoms with E-state index < -0.39 is 12.8 Å². The first kappa shape index (κ1) is 20.9. The van der Waals surface area contributed by atoms with Crippen molar-refractivity contribution >= 4 is 11.9 Å². The highest BCUT2D eigenvalue weighted by Crippen LogP contribution is 2.22. The molecule has 1 aliphatic heterocycles. The summed E-state index contributed by atoms with van der Waals surface area (Å²) >= 11 is 0. The molecule has 0 saturated carbocycles. The highest BCUT2D eigenvalue weighted by molar-refractivity contribution is 5.80. The topological polar surface area (TPSA) is 66.0 Å². The highest BCUT2D eigenvalue weighted by atomic mass is 19.4. The van der Waals surface area contributed by atoms with Gasteiger partial charge < -0.3 is 20.3 Å². The van der Waals surface area contributed by atoms with Crippen molar-refractivity contribution in [3.05, 3.63) is 29.8 Å². The van der Waals surface area contributed by atoms with E-state index in [0.29, 0.717) is 31.0 Å². The fraction of sp³-hybridized carbons (Fsp3) is 0.556. The van der Waals surface area contributed by atoms with Crippen LogP contribution in [-0.4, -0.2) is 55.7 Å². The van der Waals surface area contributed by atoms with E-state index in [9.17, 15) is 18.0 Å². The van der Waals surface area contributed by atoms with Gasteiger partial charge in [0.1, 0.15) is 5.75 Å². The number of carbonyl (C=O) groups is 1. The number of para-hydroxylation sites is 1. The molecule has 0 bridgehead atoms. The summed E-state index contributed by atoms with van der Waals surface area (Å²) < 4.78 is 42.0. The number of likely N-dealkylation sites (tertiary alicyclic amines) is 1. The minimum atomic E-state index is -4.39. The summed E-state index contributed by atoms with van der Waals surface area (Å²) in [6, 6.07) is 6.65. The molecular weight excluding hydrogens is 361 g/mol. The lowest BCUT2D eigenvalue weighted by molar-refractivity contribution is -0.153. The van der Waals surface area contributed by atoms with Gasteiger partial charge in [0.05, 0.1) is 0 Å². The fourth-order valence-electron chi connectivity index (χ4n) is 2.85. The molecule has 0 radical (unpaired) electrons. The van der Waals surface area contributed by atoms with Crippen LogP contribution in [0.3, 0.4) is 0 Å². The van der Waals surface area contributed by atoms with Crippen molar-refractivity contribution in [3.63, 3.8) is 0 Å². The van der Waals surface area contributed by atoms with Crippen LogP contribution >= 0.6 is 0 Å². The molecule has 1 aliphatic rings. The Bertz CT molecular complexity index is 664. The van der Waals surface area contributed by atoms with E-state index in [4.69, 9.17) is 4.74 Å². The zero-order valence-electron chi connectivity index (χ0n) is 15.5. The van der Waals surface area contributed by atoms with Gasteiger partial charge in [-0.2, -0.15) is 13.2 Å². The number of halogens is 3. The Morgan fingerprint density at radius 2 is 2.11 bits per heavy atom. The van der Waals surface area contributed by atoms with E-state index in [2.05, 4.69) is 15.6 Å². The van der Waals surface area contributed by atoms with Crippen LogP contribution in [0.1, 0.15) is 25.3 Å². The minimum Gasteiger partial charge on any atom is -0.484 e. The Labute approximate surface area is 156 Å². The van der Waals surface area contributed by atoms with Gasteiger partial charge in [-0.1, -0.05) is 25.1 Å². The number of amides is 1. The first-order valence-electron chi connectivity index (χ1n) is 8.84. The van der Waals surface area contributed by atoms with Crippen LogP contribution in [0.4, 0.5) is 13.2 Å². The van der Waals surface area contributed by atoms with Gasteiger partial charge >= 0.3 is 6.18 Å². The molecule has 1 atom stereocenters. The lowest BCUT2D eigenvalue weighted by Gasteiger charge is -2.19. The number of guanidine groups is 1. The SMILES string of the molecule is CCC(=O)N1CCC(NC(=NC)NCc2ccccc2OCC(F)(F)F)C1. The molecule has 1 saturated heterocycles. The number of alkyl halides is 3. The summed E-state index contributed by atoms with van der Waals surface area (Å²) in [4.78, 5) is 17.7. The molecule has 1 aromatic rings. The Morgan fingerprint density at radius 1 is 1.37 bits per heavy atom. The normalized spacial score (nSPS) is 17.7. The average molecular weight is 386 g/mol. The van der Waals surface area contributed by atoms with Crippen molar-refractivity contribution < 1.29 is 22.7 Å². The second-order valence-corrected chi connectivity index (χ2v) is 6.26. The van der Waals surface area contributed by atoms with Gasteiger partial charge in [0.25, 0.3) is 0 Å². The van der Waals surface area contributed by atoms with E-state index in [-0.39, 0.29) is 24.2 Å². The first-order valence-corrected chi connectivity index (χ1v) is 8.84. The van der Waals surface area contributed by atoms with Crippen LogP contribution in [0.2, 0.25) is 0 Å². The molecular formula is C18H25F3N4O2. The minimum absolute atomic E-state index is 0.0865. The third-order valence-electron chi connectivity index (χ3n) is 4.22. The van der Waals surface area contributed by atoms with Crippen LogP contribution < -0.4 is 15.4 Å². The molecule has 1 amide bonds. The molecule has 1 unspecified atom stereocenters. The van der Waals surface area contributed by atoms with E-state index >= 15 is 0 Å². The van der Waals surface area contributed by atoms with Crippen LogP contribution in [0.15, 0.2) is 29.3 Å². The molecule has 2 rings (SSSR count). The Hall–Kier alpha value is -2.45. The second-order valence-electron chi connectivity index (χ2n) is 6.26. The Kier molecular flexibility index (Phi) is 7.32. The number of ether oxygens (including phenoxy) is 1. The lowest BCUT2D eigenvalue weighted by Crippen LogP contribution is -2.44. The molecule has 150 valence electrons. The van der Waals surface area contributed by atoms with Crippen molar-refractivity contribution in [2.45, 2.75) is 38.5 Å². The number of aliphatic imine (C=N–C) groups is 1. The Morgan fingerprint density at radius 3 is 2.78 bits per heavy atom. The van der Waals surface area contributed by atoms with Crippen LogP contribution in [0, 0.1) is 0 Å². The van der Waals surface area contributed by atoms with E-state index in [0.717, 1.165) is 6.42 Å². The summed E-state index contributed by atoms with van der Waals surface area (Å²) in [5.41, 5.74) is 0.596. The molecule has 1 aromatic carbocycles. The lowest BCUT2D eigenvalue weighted by atomic mass is 10.2. The first-order chi connectivity index (χ1) is 12.8. The number of nitrogens with one attached hydrogen (secondary N) is 2. The van der Waals surface area contributed by atoms with Crippen molar-refractivity contribution in [3.8, 4) is 5.75 Å². The average Bonchev–Trinajstić information content (AvgIpc) is 3.11. The van der Waals surface area contributed by atoms with Gasteiger partial charge in [0.2, 0.25) is 5.91 Å². The maximum Gasteiger partial charge on any atom is 0.422 e. The van der Waals surface area contributed by atoms with E-state index in [1.807, 2.05) is 11.8 Å². The maximum absolute atomic E-state index is 12.4. The molecule has 1 heterocycles. The van der Waals surface area contributed by atoms with Crippen molar-refractivity contribution in [1.82, 2.24) is 15.5 Å². The highest BCUT2D eigenvalue weighted by Gasteiger charge is 2.29. The van der Waals surface area contributed by atoms with Crippen LogP contribution in [-0.2, 0) is 11.3 Å². The smallest absolute Gasteiger partial charge is 0.422 e. The van der Waals surface area contributed by atoms with Gasteiger partial charge in [0, 0.05) is 44.7 Å². The molecule has 0 aromatic heterocycles. The predicted molar refractivity (Wildman–Crippen MR) is 96.6 cm³/mol. The van der Waals surface area contributed by atoms with Gasteiger partial charge in [-0.15, -0.1) is 0 Å². The predicted octanol–water partition coefficient (Wildman–Crippen LogP) is 2.30. The maximum atomic E-state index is 12.4. The van der Waals surface area contributed by atoms with Crippen molar-refractivity contribution in [2.24, 2.45) is 4.99 Å². The van der Waals surface area contributed by atoms with Crippen molar-refractivity contribution in [1.29, 1.82) is 0 Å². The fourth-order valence-corrected chi connectivity index (χ4v) is 2.85. The largest absolute Gasteiger partial charge is 0.484 e. The molecule has 9 heteroatoms. The third kappa shape index (κ3) is 6.65. The van der Waals surface area contributed by atoms with Crippen LogP contribution in [0.25, 0.3) is 0 Å². The zero-order valence-corrected chi connectivity index (χ0v) is 15.5. The molecule has 0 aliphatic carbocycles. The molecule has 1 fully saturated rings. The van der Waals surface area contributed by atoms with Gasteiger partial charge in [-0.05, 0) is 12.5 Å². The molecule has 0 spiro atoms. The molecule has 2 N–H and O–H groups in total. The second kappa shape index (κ2) is 9.48. The number of hydrogen-bond acceptors (Lipinski definition) is 3. The quantitative estimate of drug-likeness (QED) is 0.582. The summed E-state index contributed by atoms with van der Waals surface area (Å²) in [5.74, 6) is 0.827. The molecule has 6 nitrogen and oxygen atoms in total. The van der Waals surface area contributed by atoms with E-state index in [1.165, 1.54) is 6.07 Å². The monoisotopic (exact) mass is 386 g/mol. The van der Waals surface area contributed by atoms with Crippen LogP contribution in [0.5, 0.6) is 5.75 Å². The molecule has 27 heavy (non-hydrogen) atoms. The van der Waals surface area contributed by atoms with Gasteiger partial charge in [-0.25, -0.2) is 0 Å². The summed E-state index contributed by atoms with van der Waals surface area (Å²) in [6.45, 7) is 2.08. The summed E-state index contributed by atoms with van der Waals surface area (Å²) in [7, 11) is 1.62. The van der Waals surface area contributed by atoms with E-state index in [1.54, 1.807) is 25.2 Å². The van der Waals surface area contributed by atoms with Gasteiger partial charge in [0.15, 0.2) is 12.6 Å². The standard InChI is InChI=1S/C18H25F3N4O2/c1-3-16(26)25-9-8-14(11-25)24-17(22-2)23-10-13-6-4-5-7-15(13)27-12-18(19,20)21/h4-7,14H,3,8-12H2,1-2H3,(H2,22,23,24). The summed E-state index contributed by atoms with van der Waals surface area (Å²) in [5, 5.41) is 6.33. The van der Waals surface area contributed by atoms with Crippen molar-refractivity contribution in [2.75, 3.05) is 26.7 Å². The summed E-state index contributed by atoms with van der Waals surface area (Å²) in [6.07, 6.45) is -3.09. The van der Waals surface area contributed by atoms with Gasteiger partial charge in [-0.3, -0.25) is 9.79 Å². The number of benzene rings is 1. The number of rotatable bonds is 6. The number of nitrogens with zero attached hydrogens (tertiary/aromatic N) is 2. The third-order valence-corrected chi connectivity index (χ3v) is 4.22. The number of carbonyl (C=O) groups excluding carboxylic acids is 1. The Balaban J connectivity index is 1.89.